The number of fused-ring (bicyclic) bond motifs is 1. The molecule has 0 aliphatic rings. The minimum atomic E-state index is 0. The predicted molar refractivity (Wildman–Crippen MR) is 40.2 cm³/mol. The van der Waals surface area contributed by atoms with Crippen LogP contribution in [0.25, 0.3) is 10.8 Å². The average molecular weight is 148 g/mol. The van der Waals surface area contributed by atoms with E-state index in [2.05, 4.69) is 10.2 Å². The van der Waals surface area contributed by atoms with Crippen LogP contribution in [-0.2, 0) is 0 Å². The fraction of sp³-hybridized carbons (Fsp3) is 0. The molecule has 0 atom stereocenters. The predicted octanol–water partition coefficient (Wildman–Crippen LogP) is 0.872. The molecule has 0 aliphatic carbocycles. The number of hydrogen-bond acceptors (Lipinski definition) is 2. The molecule has 2 N–H and O–H groups in total. The van der Waals surface area contributed by atoms with Gasteiger partial charge in [-0.15, -0.1) is 5.10 Å². The Labute approximate surface area is 64.0 Å². The summed E-state index contributed by atoms with van der Waals surface area (Å²) >= 11 is 0. The van der Waals surface area contributed by atoms with Gasteiger partial charge in [-0.2, -0.15) is 0 Å². The third kappa shape index (κ3) is 1.33. The van der Waals surface area contributed by atoms with Gasteiger partial charge in [-0.25, -0.2) is 0 Å². The molecule has 0 amide bonds. The molecule has 0 saturated heterocycles. The molecule has 0 unspecified atom stereocenters. The summed E-state index contributed by atoms with van der Waals surface area (Å²) in [5, 5.41) is 9.03. The van der Waals surface area contributed by atoms with Gasteiger partial charge in [0.15, 0.2) is 0 Å². The van der Waals surface area contributed by atoms with Crippen LogP contribution in [0.5, 0.6) is 0 Å². The summed E-state index contributed by atoms with van der Waals surface area (Å²) in [5.74, 6) is 0. The summed E-state index contributed by atoms with van der Waals surface area (Å²) in [5.41, 5.74) is 0. The van der Waals surface area contributed by atoms with Crippen molar-refractivity contribution in [2.75, 3.05) is 0 Å². The third-order valence-electron chi connectivity index (χ3n) is 1.49. The van der Waals surface area contributed by atoms with Crippen LogP contribution in [0.3, 0.4) is 0 Å². The zero-order valence-corrected chi connectivity index (χ0v) is 5.86. The molecule has 1 aromatic carbocycles. The third-order valence-corrected chi connectivity index (χ3v) is 1.49. The van der Waals surface area contributed by atoms with Crippen LogP contribution >= 0.6 is 0 Å². The Morgan fingerprint density at radius 1 is 1.09 bits per heavy atom. The van der Waals surface area contributed by atoms with Crippen LogP contribution in [0.2, 0.25) is 0 Å². The van der Waals surface area contributed by atoms with Crippen molar-refractivity contribution in [3.8, 4) is 0 Å². The minimum Gasteiger partial charge on any atom is -0.870 e. The minimum absolute atomic E-state index is 0. The molecule has 0 aliphatic heterocycles. The molecule has 1 heterocycles. The first-order chi connectivity index (χ1) is 4.97. The lowest BCUT2D eigenvalue weighted by Crippen LogP contribution is -2.04. The van der Waals surface area contributed by atoms with E-state index in [9.17, 15) is 0 Å². The van der Waals surface area contributed by atoms with Gasteiger partial charge in [-0.1, -0.05) is 18.2 Å². The lowest BCUT2D eigenvalue weighted by Gasteiger charge is -1.86. The Morgan fingerprint density at radius 2 is 1.82 bits per heavy atom. The second-order valence-electron chi connectivity index (χ2n) is 2.16. The molecule has 11 heavy (non-hydrogen) atoms. The van der Waals surface area contributed by atoms with Gasteiger partial charge in [-0.3, -0.25) is 0 Å². The standard InChI is InChI=1S/C8H6N2.H2O/c1-2-4-8-6-10-9-5-7(8)3-1;/h1-6H;1H2. The first-order valence-electron chi connectivity index (χ1n) is 3.18. The van der Waals surface area contributed by atoms with Crippen molar-refractivity contribution in [3.05, 3.63) is 36.7 Å². The molecule has 3 heteroatoms. The zero-order valence-electron chi connectivity index (χ0n) is 5.86. The molecule has 0 spiro atoms. The summed E-state index contributed by atoms with van der Waals surface area (Å²) in [6.45, 7) is 0. The van der Waals surface area contributed by atoms with Gasteiger partial charge < -0.3 is 5.48 Å². The van der Waals surface area contributed by atoms with Crippen molar-refractivity contribution in [1.82, 2.24) is 5.10 Å². The molecule has 0 saturated carbocycles. The number of rotatable bonds is 0. The number of benzene rings is 1. The molecule has 0 radical (unpaired) electrons. The van der Waals surface area contributed by atoms with Crippen LogP contribution in [0.1, 0.15) is 0 Å². The molecule has 56 valence electrons. The first kappa shape index (κ1) is 7.63. The Hall–Kier alpha value is -1.48. The zero-order chi connectivity index (χ0) is 6.81. The van der Waals surface area contributed by atoms with Gasteiger partial charge in [0.1, 0.15) is 6.20 Å². The van der Waals surface area contributed by atoms with Crippen LogP contribution in [0.4, 0.5) is 0 Å². The maximum absolute atomic E-state index is 3.89. The van der Waals surface area contributed by atoms with E-state index >= 15 is 0 Å². The van der Waals surface area contributed by atoms with Crippen molar-refractivity contribution in [2.24, 2.45) is 0 Å². The van der Waals surface area contributed by atoms with E-state index in [0.717, 1.165) is 0 Å². The monoisotopic (exact) mass is 148 g/mol. The molecular weight excluding hydrogens is 140 g/mol. The highest BCUT2D eigenvalue weighted by Gasteiger charge is 1.91. The highest BCUT2D eigenvalue weighted by molar-refractivity contribution is 5.79. The molecule has 0 bridgehead atoms. The maximum atomic E-state index is 3.89. The molecule has 2 rings (SSSR count). The van der Waals surface area contributed by atoms with Crippen molar-refractivity contribution in [3.63, 3.8) is 0 Å². The SMILES string of the molecule is [OH-].c1ccc2c[nH+]ncc2c1. The van der Waals surface area contributed by atoms with E-state index in [0.29, 0.717) is 0 Å². The number of H-pyrrole nitrogens is 1. The smallest absolute Gasteiger partial charge is 0.201 e. The van der Waals surface area contributed by atoms with Crippen molar-refractivity contribution < 1.29 is 10.6 Å². The Morgan fingerprint density at radius 3 is 2.55 bits per heavy atom. The summed E-state index contributed by atoms with van der Waals surface area (Å²) in [6.07, 6.45) is 3.70. The van der Waals surface area contributed by atoms with Crippen molar-refractivity contribution >= 4 is 10.8 Å². The summed E-state index contributed by atoms with van der Waals surface area (Å²) < 4.78 is 0. The largest absolute Gasteiger partial charge is 0.870 e. The molecule has 3 nitrogen and oxygen atoms in total. The highest BCUT2D eigenvalue weighted by Crippen LogP contribution is 2.06. The summed E-state index contributed by atoms with van der Waals surface area (Å²) in [4.78, 5) is 0. The lowest BCUT2D eigenvalue weighted by molar-refractivity contribution is -0.453. The fourth-order valence-electron chi connectivity index (χ4n) is 0.974. The van der Waals surface area contributed by atoms with E-state index in [1.165, 1.54) is 10.8 Å². The van der Waals surface area contributed by atoms with Gasteiger partial charge in [0.05, 0.1) is 0 Å². The van der Waals surface area contributed by atoms with E-state index in [1.54, 1.807) is 0 Å². The second-order valence-corrected chi connectivity index (χ2v) is 2.16. The Balaban J connectivity index is 0.000000605. The second kappa shape index (κ2) is 3.07. The molecular formula is C8H8N2O. The van der Waals surface area contributed by atoms with E-state index in [4.69, 9.17) is 0 Å². The normalized spacial score (nSPS) is 9.09. The van der Waals surface area contributed by atoms with Crippen molar-refractivity contribution in [1.29, 1.82) is 0 Å². The summed E-state index contributed by atoms with van der Waals surface area (Å²) in [7, 11) is 0. The number of hydrogen-bond donors (Lipinski definition) is 0. The molecule has 1 aromatic heterocycles. The van der Waals surface area contributed by atoms with Gasteiger partial charge in [0, 0.05) is 10.8 Å². The Bertz CT molecular complexity index is 283. The number of nitrogens with one attached hydrogen (secondary N) is 1. The van der Waals surface area contributed by atoms with E-state index in [1.807, 2.05) is 36.7 Å². The van der Waals surface area contributed by atoms with Crippen LogP contribution < -0.4 is 5.10 Å². The van der Waals surface area contributed by atoms with E-state index < -0.39 is 0 Å². The topological polar surface area (TPSA) is 57.0 Å². The maximum Gasteiger partial charge on any atom is 0.201 e. The van der Waals surface area contributed by atoms with Crippen LogP contribution in [-0.4, -0.2) is 10.6 Å². The van der Waals surface area contributed by atoms with Gasteiger partial charge in [-0.05, 0) is 11.2 Å². The fourth-order valence-corrected chi connectivity index (χ4v) is 0.974. The lowest BCUT2D eigenvalue weighted by atomic mass is 10.2. The van der Waals surface area contributed by atoms with Gasteiger partial charge >= 0.3 is 0 Å². The van der Waals surface area contributed by atoms with Crippen LogP contribution in [0, 0.1) is 0 Å². The van der Waals surface area contributed by atoms with Crippen LogP contribution in [0.15, 0.2) is 36.7 Å². The first-order valence-corrected chi connectivity index (χ1v) is 3.18. The highest BCUT2D eigenvalue weighted by atomic mass is 16.0. The molecule has 0 fully saturated rings. The quantitative estimate of drug-likeness (QED) is 0.556. The van der Waals surface area contributed by atoms with E-state index in [-0.39, 0.29) is 5.48 Å². The Kier molecular flexibility index (Phi) is 2.13. The van der Waals surface area contributed by atoms with Gasteiger partial charge in [0.2, 0.25) is 6.20 Å². The van der Waals surface area contributed by atoms with Gasteiger partial charge in [0.25, 0.3) is 0 Å². The molecule has 2 aromatic rings. The number of aromatic nitrogens is 2. The summed E-state index contributed by atoms with van der Waals surface area (Å²) in [6, 6.07) is 8.10. The van der Waals surface area contributed by atoms with Crippen molar-refractivity contribution in [2.45, 2.75) is 0 Å². The average Bonchev–Trinajstić information content (AvgIpc) is 2.05. The number of aromatic amines is 1. The number of nitrogens with zero attached hydrogens (tertiary/aromatic N) is 1.